The summed E-state index contributed by atoms with van der Waals surface area (Å²) in [7, 11) is 0. The number of carbonyl (C=O) groups excluding carboxylic acids is 1. The van der Waals surface area contributed by atoms with E-state index in [0.29, 0.717) is 15.2 Å². The largest absolute Gasteiger partial charge is 0.301 e. The van der Waals surface area contributed by atoms with Gasteiger partial charge in [0.05, 0.1) is 10.9 Å². The molecule has 3 nitrogen and oxygen atoms in total. The first-order valence-corrected chi connectivity index (χ1v) is 9.97. The maximum atomic E-state index is 12.4. The molecule has 1 aromatic heterocycles. The fraction of sp³-hybridized carbons (Fsp3) is 0.111. The van der Waals surface area contributed by atoms with Crippen molar-refractivity contribution < 1.29 is 4.79 Å². The van der Waals surface area contributed by atoms with Crippen LogP contribution in [0, 0.1) is 0 Å². The summed E-state index contributed by atoms with van der Waals surface area (Å²) in [6.45, 7) is 1.86. The van der Waals surface area contributed by atoms with Gasteiger partial charge in [-0.05, 0) is 43.3 Å². The number of aromatic nitrogens is 1. The number of hydrogen-bond donors (Lipinski definition) is 1. The second kappa shape index (κ2) is 8.23. The van der Waals surface area contributed by atoms with Gasteiger partial charge in [-0.25, -0.2) is 4.98 Å². The van der Waals surface area contributed by atoms with Gasteiger partial charge in [0, 0.05) is 25.9 Å². The molecule has 128 valence electrons. The Morgan fingerprint density at radius 3 is 2.32 bits per heavy atom. The van der Waals surface area contributed by atoms with Crippen LogP contribution >= 0.6 is 46.3 Å². The minimum atomic E-state index is -0.246. The molecule has 1 amide bonds. The highest BCUT2D eigenvalue weighted by atomic mass is 35.5. The summed E-state index contributed by atoms with van der Waals surface area (Å²) in [6.07, 6.45) is 0. The molecule has 1 atom stereocenters. The van der Waals surface area contributed by atoms with Crippen LogP contribution in [0.25, 0.3) is 11.3 Å². The van der Waals surface area contributed by atoms with E-state index in [1.54, 1.807) is 0 Å². The Morgan fingerprint density at radius 2 is 1.68 bits per heavy atom. The summed E-state index contributed by atoms with van der Waals surface area (Å²) in [5.41, 5.74) is 1.78. The van der Waals surface area contributed by atoms with Crippen molar-refractivity contribution in [1.29, 1.82) is 0 Å². The number of amides is 1. The maximum absolute atomic E-state index is 12.4. The summed E-state index contributed by atoms with van der Waals surface area (Å²) in [5.74, 6) is -0.0862. The Bertz CT molecular complexity index is 864. The molecule has 0 fully saturated rings. The van der Waals surface area contributed by atoms with E-state index >= 15 is 0 Å². The third kappa shape index (κ3) is 4.98. The molecule has 0 aliphatic rings. The van der Waals surface area contributed by atoms with Crippen LogP contribution in [0.4, 0.5) is 5.13 Å². The number of rotatable bonds is 5. The molecule has 3 rings (SSSR count). The van der Waals surface area contributed by atoms with Gasteiger partial charge in [0.15, 0.2) is 5.13 Å². The lowest BCUT2D eigenvalue weighted by atomic mass is 10.2. The lowest BCUT2D eigenvalue weighted by Crippen LogP contribution is -2.22. The molecule has 3 aromatic rings. The number of carbonyl (C=O) groups is 1. The predicted molar refractivity (Wildman–Crippen MR) is 108 cm³/mol. The molecule has 0 spiro atoms. The first kappa shape index (κ1) is 18.3. The fourth-order valence-corrected chi connectivity index (χ4v) is 3.90. The zero-order valence-corrected chi connectivity index (χ0v) is 16.3. The molecule has 2 aromatic carbocycles. The van der Waals surface area contributed by atoms with Crippen LogP contribution in [-0.4, -0.2) is 16.1 Å². The van der Waals surface area contributed by atoms with Crippen molar-refractivity contribution >= 4 is 57.3 Å². The van der Waals surface area contributed by atoms with E-state index in [1.165, 1.54) is 23.1 Å². The van der Waals surface area contributed by atoms with Crippen LogP contribution in [-0.2, 0) is 4.79 Å². The molecule has 0 saturated heterocycles. The standard InChI is InChI=1S/C18H14Cl2N2OS2/c1-11(25-15-8-6-14(20)7-9-15)17(23)22-18-21-16(10-24-18)12-2-4-13(19)5-3-12/h2-11H,1H3,(H,21,22,23). The van der Waals surface area contributed by atoms with Gasteiger partial charge in [-0.2, -0.15) is 0 Å². The molecular formula is C18H14Cl2N2OS2. The van der Waals surface area contributed by atoms with Crippen molar-refractivity contribution in [3.8, 4) is 11.3 Å². The number of halogens is 2. The van der Waals surface area contributed by atoms with E-state index in [2.05, 4.69) is 10.3 Å². The van der Waals surface area contributed by atoms with Gasteiger partial charge in [0.1, 0.15) is 0 Å². The Labute approximate surface area is 164 Å². The van der Waals surface area contributed by atoms with Crippen molar-refractivity contribution in [2.45, 2.75) is 17.1 Å². The molecular weight excluding hydrogens is 395 g/mol. The van der Waals surface area contributed by atoms with Crippen LogP contribution in [0.1, 0.15) is 6.92 Å². The lowest BCUT2D eigenvalue weighted by Gasteiger charge is -2.10. The molecule has 1 heterocycles. The zero-order valence-electron chi connectivity index (χ0n) is 13.2. The van der Waals surface area contributed by atoms with Gasteiger partial charge in [-0.1, -0.05) is 35.3 Å². The van der Waals surface area contributed by atoms with Crippen molar-refractivity contribution in [1.82, 2.24) is 4.98 Å². The van der Waals surface area contributed by atoms with Crippen molar-refractivity contribution in [2.24, 2.45) is 0 Å². The monoisotopic (exact) mass is 408 g/mol. The van der Waals surface area contributed by atoms with E-state index < -0.39 is 0 Å². The summed E-state index contributed by atoms with van der Waals surface area (Å²) in [5, 5.41) is 6.48. The van der Waals surface area contributed by atoms with Crippen molar-refractivity contribution in [3.05, 3.63) is 64.0 Å². The molecule has 7 heteroatoms. The van der Waals surface area contributed by atoms with Gasteiger partial charge in [-0.3, -0.25) is 4.79 Å². The van der Waals surface area contributed by atoms with Crippen LogP contribution < -0.4 is 5.32 Å². The SMILES string of the molecule is CC(Sc1ccc(Cl)cc1)C(=O)Nc1nc(-c2ccc(Cl)cc2)cs1. The quantitative estimate of drug-likeness (QED) is 0.508. The summed E-state index contributed by atoms with van der Waals surface area (Å²) in [6, 6.07) is 14.9. The molecule has 25 heavy (non-hydrogen) atoms. The smallest absolute Gasteiger partial charge is 0.239 e. The average molecular weight is 409 g/mol. The molecule has 1 unspecified atom stereocenters. The topological polar surface area (TPSA) is 42.0 Å². The first-order chi connectivity index (χ1) is 12.0. The number of hydrogen-bond acceptors (Lipinski definition) is 4. The zero-order chi connectivity index (χ0) is 17.8. The first-order valence-electron chi connectivity index (χ1n) is 7.46. The third-order valence-corrected chi connectivity index (χ3v) is 5.74. The van der Waals surface area contributed by atoms with E-state index in [1.807, 2.05) is 60.8 Å². The van der Waals surface area contributed by atoms with Gasteiger partial charge < -0.3 is 5.32 Å². The molecule has 0 aliphatic heterocycles. The number of thiazole rings is 1. The Morgan fingerprint density at radius 1 is 1.08 bits per heavy atom. The predicted octanol–water partition coefficient (Wildman–Crippen LogP) is 6.24. The van der Waals surface area contributed by atoms with E-state index in [0.717, 1.165) is 16.2 Å². The van der Waals surface area contributed by atoms with Crippen LogP contribution in [0.3, 0.4) is 0 Å². The Kier molecular flexibility index (Phi) is 6.02. The Hall–Kier alpha value is -1.53. The number of anilines is 1. The van der Waals surface area contributed by atoms with Gasteiger partial charge in [0.25, 0.3) is 0 Å². The molecule has 0 aliphatic carbocycles. The van der Waals surface area contributed by atoms with Crippen LogP contribution in [0.2, 0.25) is 10.0 Å². The minimum absolute atomic E-state index is 0.0862. The van der Waals surface area contributed by atoms with E-state index in [-0.39, 0.29) is 11.2 Å². The molecule has 0 radical (unpaired) electrons. The number of nitrogens with zero attached hydrogens (tertiary/aromatic N) is 1. The minimum Gasteiger partial charge on any atom is -0.301 e. The number of thioether (sulfide) groups is 1. The van der Waals surface area contributed by atoms with E-state index in [4.69, 9.17) is 23.2 Å². The van der Waals surface area contributed by atoms with Gasteiger partial charge >= 0.3 is 0 Å². The fourth-order valence-electron chi connectivity index (χ4n) is 2.06. The van der Waals surface area contributed by atoms with Crippen molar-refractivity contribution in [2.75, 3.05) is 5.32 Å². The van der Waals surface area contributed by atoms with Crippen LogP contribution in [0.5, 0.6) is 0 Å². The molecule has 1 N–H and O–H groups in total. The average Bonchev–Trinajstić information content (AvgIpc) is 3.06. The highest BCUT2D eigenvalue weighted by molar-refractivity contribution is 8.00. The van der Waals surface area contributed by atoms with Crippen molar-refractivity contribution in [3.63, 3.8) is 0 Å². The molecule has 0 saturated carbocycles. The highest BCUT2D eigenvalue weighted by Crippen LogP contribution is 2.28. The summed E-state index contributed by atoms with van der Waals surface area (Å²) in [4.78, 5) is 17.8. The Balaban J connectivity index is 1.62. The number of benzene rings is 2. The van der Waals surface area contributed by atoms with E-state index in [9.17, 15) is 4.79 Å². The highest BCUT2D eigenvalue weighted by Gasteiger charge is 2.16. The second-order valence-corrected chi connectivity index (χ2v) is 8.39. The molecule has 0 bridgehead atoms. The summed E-state index contributed by atoms with van der Waals surface area (Å²) < 4.78 is 0. The second-order valence-electron chi connectivity index (χ2n) is 5.25. The maximum Gasteiger partial charge on any atom is 0.239 e. The van der Waals surface area contributed by atoms with Crippen LogP contribution in [0.15, 0.2) is 58.8 Å². The number of nitrogens with one attached hydrogen (secondary N) is 1. The lowest BCUT2D eigenvalue weighted by molar-refractivity contribution is -0.115. The third-order valence-electron chi connectivity index (χ3n) is 3.37. The van der Waals surface area contributed by atoms with Gasteiger partial charge in [0.2, 0.25) is 5.91 Å². The normalized spacial score (nSPS) is 12.0. The van der Waals surface area contributed by atoms with Gasteiger partial charge in [-0.15, -0.1) is 23.1 Å². The summed E-state index contributed by atoms with van der Waals surface area (Å²) >= 11 is 14.7.